The van der Waals surface area contributed by atoms with Crippen molar-refractivity contribution in [2.75, 3.05) is 5.32 Å². The summed E-state index contributed by atoms with van der Waals surface area (Å²) in [6.07, 6.45) is 0.753. The number of halogens is 1. The van der Waals surface area contributed by atoms with Crippen LogP contribution in [-0.2, 0) is 13.0 Å². The van der Waals surface area contributed by atoms with Crippen LogP contribution in [0, 0.1) is 6.92 Å². The Labute approximate surface area is 105 Å². The highest BCUT2D eigenvalue weighted by Crippen LogP contribution is 2.20. The molecule has 1 aromatic carbocycles. The van der Waals surface area contributed by atoms with Gasteiger partial charge in [-0.2, -0.15) is 0 Å². The van der Waals surface area contributed by atoms with E-state index in [1.807, 2.05) is 32.0 Å². The maximum Gasteiger partial charge on any atom is 0.235 e. The Morgan fingerprint density at radius 3 is 2.71 bits per heavy atom. The van der Waals surface area contributed by atoms with Crippen LogP contribution in [0.15, 0.2) is 22.6 Å². The third kappa shape index (κ3) is 2.97. The fourth-order valence-electron chi connectivity index (χ4n) is 1.38. The Bertz CT molecular complexity index is 510. The molecule has 1 heterocycles. The molecule has 0 unspecified atom stereocenters. The first kappa shape index (κ1) is 11.9. The van der Waals surface area contributed by atoms with Gasteiger partial charge in [-0.25, -0.2) is 0 Å². The quantitative estimate of drug-likeness (QED) is 0.907. The summed E-state index contributed by atoms with van der Waals surface area (Å²) in [5.41, 5.74) is 2.00. The van der Waals surface area contributed by atoms with Crippen molar-refractivity contribution in [3.8, 4) is 0 Å². The summed E-state index contributed by atoms with van der Waals surface area (Å²) in [6, 6.07) is 5.82. The van der Waals surface area contributed by atoms with Crippen LogP contribution in [-0.4, -0.2) is 10.2 Å². The van der Waals surface area contributed by atoms with Crippen molar-refractivity contribution >= 4 is 17.3 Å². The van der Waals surface area contributed by atoms with Gasteiger partial charge >= 0.3 is 0 Å². The van der Waals surface area contributed by atoms with Gasteiger partial charge in [-0.1, -0.05) is 24.6 Å². The average molecular weight is 252 g/mol. The predicted octanol–water partition coefficient (Wildman–Crippen LogP) is 3.21. The predicted molar refractivity (Wildman–Crippen MR) is 67.2 cm³/mol. The average Bonchev–Trinajstić information content (AvgIpc) is 2.79. The number of aryl methyl sites for hydroxylation is 2. The second-order valence-corrected chi connectivity index (χ2v) is 4.17. The lowest BCUT2D eigenvalue weighted by atomic mass is 10.2. The number of nitrogens with zero attached hydrogens (tertiary/aromatic N) is 2. The summed E-state index contributed by atoms with van der Waals surface area (Å²) in [5.74, 6) is 1.24. The Kier molecular flexibility index (Phi) is 3.64. The van der Waals surface area contributed by atoms with Crippen LogP contribution in [0.2, 0.25) is 5.02 Å². The van der Waals surface area contributed by atoms with E-state index in [9.17, 15) is 0 Å². The third-order valence-corrected chi connectivity index (χ3v) is 2.83. The van der Waals surface area contributed by atoms with Gasteiger partial charge in [0.1, 0.15) is 0 Å². The second kappa shape index (κ2) is 5.19. The monoisotopic (exact) mass is 251 g/mol. The molecular weight excluding hydrogens is 238 g/mol. The molecule has 90 valence electrons. The Morgan fingerprint density at radius 2 is 2.06 bits per heavy atom. The van der Waals surface area contributed by atoms with Crippen molar-refractivity contribution in [1.82, 2.24) is 10.2 Å². The van der Waals surface area contributed by atoms with E-state index in [2.05, 4.69) is 15.5 Å². The molecular formula is C12H14ClN3O. The number of hydrogen-bond donors (Lipinski definition) is 1. The standard InChI is InChI=1S/C12H14ClN3O/c1-3-11-15-16-12(17-11)7-14-9-5-4-8(2)10(13)6-9/h4-6,14H,3,7H2,1-2H3. The zero-order valence-electron chi connectivity index (χ0n) is 9.83. The smallest absolute Gasteiger partial charge is 0.235 e. The van der Waals surface area contributed by atoms with Gasteiger partial charge in [0.25, 0.3) is 0 Å². The largest absolute Gasteiger partial charge is 0.423 e. The number of anilines is 1. The number of aromatic nitrogens is 2. The minimum atomic E-state index is 0.506. The van der Waals surface area contributed by atoms with Crippen molar-refractivity contribution < 1.29 is 4.42 Å². The van der Waals surface area contributed by atoms with E-state index >= 15 is 0 Å². The van der Waals surface area contributed by atoms with Crippen LogP contribution in [0.25, 0.3) is 0 Å². The number of hydrogen-bond acceptors (Lipinski definition) is 4. The van der Waals surface area contributed by atoms with Crippen LogP contribution in [0.5, 0.6) is 0 Å². The lowest BCUT2D eigenvalue weighted by Crippen LogP contribution is -1.99. The summed E-state index contributed by atoms with van der Waals surface area (Å²) < 4.78 is 5.39. The summed E-state index contributed by atoms with van der Waals surface area (Å²) in [6.45, 7) is 4.45. The summed E-state index contributed by atoms with van der Waals surface area (Å²) in [4.78, 5) is 0. The molecule has 1 aromatic heterocycles. The molecule has 0 saturated heterocycles. The summed E-state index contributed by atoms with van der Waals surface area (Å²) in [7, 11) is 0. The number of benzene rings is 1. The lowest BCUT2D eigenvalue weighted by Gasteiger charge is -2.05. The maximum atomic E-state index is 6.03. The molecule has 0 aliphatic carbocycles. The molecule has 0 fully saturated rings. The van der Waals surface area contributed by atoms with Gasteiger partial charge in [-0.15, -0.1) is 10.2 Å². The lowest BCUT2D eigenvalue weighted by molar-refractivity contribution is 0.460. The van der Waals surface area contributed by atoms with Gasteiger partial charge in [0.15, 0.2) is 0 Å². The van der Waals surface area contributed by atoms with Crippen molar-refractivity contribution in [2.45, 2.75) is 26.8 Å². The fraction of sp³-hybridized carbons (Fsp3) is 0.333. The van der Waals surface area contributed by atoms with E-state index in [1.165, 1.54) is 0 Å². The molecule has 4 nitrogen and oxygen atoms in total. The zero-order chi connectivity index (χ0) is 12.3. The van der Waals surface area contributed by atoms with Crippen molar-refractivity contribution in [2.24, 2.45) is 0 Å². The summed E-state index contributed by atoms with van der Waals surface area (Å²) >= 11 is 6.03. The third-order valence-electron chi connectivity index (χ3n) is 2.43. The molecule has 0 amide bonds. The molecule has 0 aliphatic heterocycles. The molecule has 17 heavy (non-hydrogen) atoms. The van der Waals surface area contributed by atoms with Gasteiger partial charge in [-0.3, -0.25) is 0 Å². The minimum absolute atomic E-state index is 0.506. The van der Waals surface area contributed by atoms with E-state index in [0.717, 1.165) is 22.7 Å². The Hall–Kier alpha value is -1.55. The maximum absolute atomic E-state index is 6.03. The van der Waals surface area contributed by atoms with Crippen molar-refractivity contribution in [1.29, 1.82) is 0 Å². The molecule has 2 aromatic rings. The van der Waals surface area contributed by atoms with Crippen LogP contribution < -0.4 is 5.32 Å². The molecule has 5 heteroatoms. The SMILES string of the molecule is CCc1nnc(CNc2ccc(C)c(Cl)c2)o1. The number of rotatable bonds is 4. The summed E-state index contributed by atoms with van der Waals surface area (Å²) in [5, 5.41) is 11.8. The zero-order valence-corrected chi connectivity index (χ0v) is 10.6. The fourth-order valence-corrected chi connectivity index (χ4v) is 1.56. The first-order chi connectivity index (χ1) is 8.19. The second-order valence-electron chi connectivity index (χ2n) is 3.76. The molecule has 0 aliphatic rings. The highest BCUT2D eigenvalue weighted by atomic mass is 35.5. The first-order valence-electron chi connectivity index (χ1n) is 5.50. The van der Waals surface area contributed by atoms with Crippen LogP contribution in [0.1, 0.15) is 24.3 Å². The van der Waals surface area contributed by atoms with Crippen LogP contribution in [0.3, 0.4) is 0 Å². The van der Waals surface area contributed by atoms with E-state index in [4.69, 9.17) is 16.0 Å². The Morgan fingerprint density at radius 1 is 1.29 bits per heavy atom. The molecule has 1 N–H and O–H groups in total. The molecule has 0 saturated carbocycles. The van der Waals surface area contributed by atoms with E-state index in [1.54, 1.807) is 0 Å². The molecule has 0 atom stereocenters. The van der Waals surface area contributed by atoms with Gasteiger partial charge in [0, 0.05) is 17.1 Å². The number of nitrogens with one attached hydrogen (secondary N) is 1. The van der Waals surface area contributed by atoms with E-state index in [0.29, 0.717) is 18.3 Å². The molecule has 0 bridgehead atoms. The van der Waals surface area contributed by atoms with Gasteiger partial charge in [0.2, 0.25) is 11.8 Å². The highest BCUT2D eigenvalue weighted by molar-refractivity contribution is 6.31. The topological polar surface area (TPSA) is 51.0 Å². The van der Waals surface area contributed by atoms with E-state index < -0.39 is 0 Å². The minimum Gasteiger partial charge on any atom is -0.423 e. The normalized spacial score (nSPS) is 10.5. The van der Waals surface area contributed by atoms with Crippen molar-refractivity contribution in [3.63, 3.8) is 0 Å². The van der Waals surface area contributed by atoms with E-state index in [-0.39, 0.29) is 0 Å². The van der Waals surface area contributed by atoms with Gasteiger partial charge < -0.3 is 9.73 Å². The van der Waals surface area contributed by atoms with Crippen molar-refractivity contribution in [3.05, 3.63) is 40.6 Å². The first-order valence-corrected chi connectivity index (χ1v) is 5.88. The Balaban J connectivity index is 1.99. The van der Waals surface area contributed by atoms with Gasteiger partial charge in [0.05, 0.1) is 6.54 Å². The molecule has 0 spiro atoms. The highest BCUT2D eigenvalue weighted by Gasteiger charge is 2.04. The molecule has 0 radical (unpaired) electrons. The van der Waals surface area contributed by atoms with Gasteiger partial charge in [-0.05, 0) is 24.6 Å². The van der Waals surface area contributed by atoms with Crippen LogP contribution >= 0.6 is 11.6 Å². The van der Waals surface area contributed by atoms with Crippen LogP contribution in [0.4, 0.5) is 5.69 Å². The molecule has 2 rings (SSSR count).